The summed E-state index contributed by atoms with van der Waals surface area (Å²) >= 11 is 0. The molecule has 0 amide bonds. The third-order valence-corrected chi connectivity index (χ3v) is 2.96. The van der Waals surface area contributed by atoms with Crippen LogP contribution in [0.1, 0.15) is 98.3 Å². The van der Waals surface area contributed by atoms with Crippen molar-refractivity contribution < 1.29 is 44.0 Å². The molecule has 0 heterocycles. The van der Waals surface area contributed by atoms with Crippen molar-refractivity contribution in [3.63, 3.8) is 0 Å². The Hall–Kier alpha value is 0.180. The molecule has 0 atom stereocenters. The van der Waals surface area contributed by atoms with Gasteiger partial charge in [0.05, 0.1) is 0 Å². The number of rotatable bonds is 11. The molecule has 0 aliphatic carbocycles. The molecule has 0 bridgehead atoms. The monoisotopic (exact) mass is 428 g/mol. The van der Waals surface area contributed by atoms with Crippen LogP contribution in [0.2, 0.25) is 0 Å². The SMILES string of the molecule is C.CCCCCCCCCCCCCC.O.O=P(O)(O)O.O=P(O)(O)O. The largest absolute Gasteiger partial charge is 0.466 e. The van der Waals surface area contributed by atoms with E-state index in [1.54, 1.807) is 0 Å². The van der Waals surface area contributed by atoms with Gasteiger partial charge in [0.15, 0.2) is 0 Å². The van der Waals surface area contributed by atoms with Gasteiger partial charge in [0.2, 0.25) is 0 Å². The Morgan fingerprint density at radius 1 is 0.500 bits per heavy atom. The van der Waals surface area contributed by atoms with Crippen LogP contribution in [0.4, 0.5) is 0 Å². The minimum atomic E-state index is -4.64. The van der Waals surface area contributed by atoms with Crippen LogP contribution in [0.5, 0.6) is 0 Å². The maximum Gasteiger partial charge on any atom is 0.466 e. The van der Waals surface area contributed by atoms with Crippen molar-refractivity contribution in [3.05, 3.63) is 0 Å². The first-order valence-electron chi connectivity index (χ1n) is 8.48. The Bertz CT molecular complexity index is 281. The van der Waals surface area contributed by atoms with Crippen LogP contribution in [-0.4, -0.2) is 34.8 Å². The molecule has 26 heavy (non-hydrogen) atoms. The number of unbranched alkanes of at least 4 members (excludes halogenated alkanes) is 11. The summed E-state index contributed by atoms with van der Waals surface area (Å²) in [7, 11) is -9.28. The summed E-state index contributed by atoms with van der Waals surface area (Å²) in [5, 5.41) is 0. The van der Waals surface area contributed by atoms with Gasteiger partial charge in [-0.2, -0.15) is 0 Å². The van der Waals surface area contributed by atoms with Crippen LogP contribution in [0.15, 0.2) is 0 Å². The summed E-state index contributed by atoms with van der Waals surface area (Å²) in [6.45, 7) is 4.57. The van der Waals surface area contributed by atoms with Gasteiger partial charge in [-0.15, -0.1) is 0 Å². The molecule has 0 rings (SSSR count). The highest BCUT2D eigenvalue weighted by Crippen LogP contribution is 2.26. The Balaban J connectivity index is -0.000000102. The molecule has 0 unspecified atom stereocenters. The first-order valence-corrected chi connectivity index (χ1v) is 11.6. The lowest BCUT2D eigenvalue weighted by atomic mass is 10.1. The zero-order valence-corrected chi connectivity index (χ0v) is 17.2. The standard InChI is InChI=1S/C14H30.CH4.2H3O4P.H2O/c1-3-5-7-9-11-13-14-12-10-8-6-4-2;;2*1-5(2,3)4;/h3-14H2,1-2H3;1H4;2*(H3,1,2,3,4);1H2. The molecule has 0 aromatic carbocycles. The summed E-state index contributed by atoms with van der Waals surface area (Å²) < 4.78 is 17.8. The Morgan fingerprint density at radius 2 is 0.615 bits per heavy atom. The number of hydrogen-bond donors (Lipinski definition) is 6. The van der Waals surface area contributed by atoms with Crippen LogP contribution in [0, 0.1) is 0 Å². The Morgan fingerprint density at radius 3 is 0.731 bits per heavy atom. The van der Waals surface area contributed by atoms with E-state index < -0.39 is 15.6 Å². The van der Waals surface area contributed by atoms with Gasteiger partial charge in [0, 0.05) is 0 Å². The average molecular weight is 428 g/mol. The van der Waals surface area contributed by atoms with E-state index in [1.165, 1.54) is 77.0 Å². The van der Waals surface area contributed by atoms with Gasteiger partial charge in [0.1, 0.15) is 0 Å². The molecule has 0 aromatic heterocycles. The second-order valence-electron chi connectivity index (χ2n) is 5.56. The van der Waals surface area contributed by atoms with E-state index in [2.05, 4.69) is 13.8 Å². The molecule has 0 aliphatic heterocycles. The van der Waals surface area contributed by atoms with Crippen molar-refractivity contribution in [2.45, 2.75) is 98.3 Å². The van der Waals surface area contributed by atoms with Crippen LogP contribution >= 0.6 is 15.6 Å². The summed E-state index contributed by atoms with van der Waals surface area (Å²) in [6, 6.07) is 0. The zero-order valence-electron chi connectivity index (χ0n) is 15.4. The van der Waals surface area contributed by atoms with Gasteiger partial charge in [-0.1, -0.05) is 98.3 Å². The van der Waals surface area contributed by atoms with Gasteiger partial charge < -0.3 is 34.8 Å². The predicted octanol–water partition coefficient (Wildman–Crippen LogP) is 3.66. The predicted molar refractivity (Wildman–Crippen MR) is 106 cm³/mol. The smallest absolute Gasteiger partial charge is 0.412 e. The summed E-state index contributed by atoms with van der Waals surface area (Å²) in [5.74, 6) is 0. The fourth-order valence-electron chi connectivity index (χ4n) is 1.91. The van der Waals surface area contributed by atoms with Crippen LogP contribution in [-0.2, 0) is 9.13 Å². The van der Waals surface area contributed by atoms with Crippen LogP contribution < -0.4 is 0 Å². The van der Waals surface area contributed by atoms with Gasteiger partial charge >= 0.3 is 15.6 Å². The van der Waals surface area contributed by atoms with Crippen molar-refractivity contribution in [1.29, 1.82) is 0 Å². The summed E-state index contributed by atoms with van der Waals surface area (Å²) in [4.78, 5) is 43.1. The van der Waals surface area contributed by atoms with Crippen molar-refractivity contribution >= 4 is 15.6 Å². The molecule has 0 saturated heterocycles. The van der Waals surface area contributed by atoms with E-state index in [-0.39, 0.29) is 12.9 Å². The molecule has 0 fully saturated rings. The Kier molecular flexibility index (Phi) is 35.8. The maximum absolute atomic E-state index is 8.88. The highest BCUT2D eigenvalue weighted by atomic mass is 31.2. The molecule has 8 N–H and O–H groups in total. The highest BCUT2D eigenvalue weighted by Gasteiger charge is 2.00. The van der Waals surface area contributed by atoms with Crippen LogP contribution in [0.3, 0.4) is 0 Å². The van der Waals surface area contributed by atoms with Crippen molar-refractivity contribution in [1.82, 2.24) is 0 Å². The Labute approximate surface area is 158 Å². The molecule has 9 nitrogen and oxygen atoms in total. The second kappa shape index (κ2) is 25.2. The van der Waals surface area contributed by atoms with Crippen molar-refractivity contribution in [2.75, 3.05) is 0 Å². The molecular weight excluding hydrogens is 386 g/mol. The molecule has 0 spiro atoms. The molecule has 0 aliphatic rings. The topological polar surface area (TPSA) is 187 Å². The third-order valence-electron chi connectivity index (χ3n) is 2.96. The fraction of sp³-hybridized carbons (Fsp3) is 1.00. The lowest BCUT2D eigenvalue weighted by molar-refractivity contribution is 0.272. The number of phosphoric acid groups is 2. The first kappa shape index (κ1) is 37.0. The number of hydrogen-bond acceptors (Lipinski definition) is 2. The molecule has 0 radical (unpaired) electrons. The van der Waals surface area contributed by atoms with Crippen molar-refractivity contribution in [3.8, 4) is 0 Å². The van der Waals surface area contributed by atoms with E-state index in [0.717, 1.165) is 0 Å². The van der Waals surface area contributed by atoms with E-state index >= 15 is 0 Å². The molecule has 0 saturated carbocycles. The minimum Gasteiger partial charge on any atom is -0.412 e. The van der Waals surface area contributed by atoms with Crippen LogP contribution in [0.25, 0.3) is 0 Å². The second-order valence-corrected chi connectivity index (χ2v) is 7.62. The lowest BCUT2D eigenvalue weighted by Crippen LogP contribution is -1.81. The summed E-state index contributed by atoms with van der Waals surface area (Å²) in [5.41, 5.74) is 0. The quantitative estimate of drug-likeness (QED) is 0.212. The van der Waals surface area contributed by atoms with Gasteiger partial charge in [-0.05, 0) is 0 Å². The summed E-state index contributed by atoms with van der Waals surface area (Å²) in [6.07, 6.45) is 17.4. The van der Waals surface area contributed by atoms with Crippen molar-refractivity contribution in [2.24, 2.45) is 0 Å². The normalized spacial score (nSPS) is 10.3. The first-order chi connectivity index (χ1) is 10.9. The van der Waals surface area contributed by atoms with Gasteiger partial charge in [0.25, 0.3) is 0 Å². The molecular formula is C15H42O9P2. The maximum atomic E-state index is 8.88. The van der Waals surface area contributed by atoms with E-state index in [1.807, 2.05) is 0 Å². The van der Waals surface area contributed by atoms with E-state index in [9.17, 15) is 0 Å². The van der Waals surface area contributed by atoms with E-state index in [0.29, 0.717) is 0 Å². The molecule has 11 heteroatoms. The fourth-order valence-corrected chi connectivity index (χ4v) is 1.91. The highest BCUT2D eigenvalue weighted by molar-refractivity contribution is 7.45. The zero-order chi connectivity index (χ0) is 19.5. The van der Waals surface area contributed by atoms with Gasteiger partial charge in [-0.3, -0.25) is 0 Å². The lowest BCUT2D eigenvalue weighted by Gasteiger charge is -2.01. The minimum absolute atomic E-state index is 0. The third kappa shape index (κ3) is 104. The molecule has 166 valence electrons. The van der Waals surface area contributed by atoms with E-state index in [4.69, 9.17) is 38.5 Å². The molecule has 0 aromatic rings. The average Bonchev–Trinajstić information content (AvgIpc) is 2.37. The van der Waals surface area contributed by atoms with Gasteiger partial charge in [-0.25, -0.2) is 9.13 Å².